The van der Waals surface area contributed by atoms with Gasteiger partial charge in [-0.25, -0.2) is 4.99 Å². The second kappa shape index (κ2) is 11.6. The molecule has 3 rings (SSSR count). The van der Waals surface area contributed by atoms with Crippen LogP contribution in [0.4, 0.5) is 0 Å². The topological polar surface area (TPSA) is 78.8 Å². The Balaban J connectivity index is 0.00000300. The first-order valence-corrected chi connectivity index (χ1v) is 9.38. The van der Waals surface area contributed by atoms with Gasteiger partial charge in [-0.1, -0.05) is 30.3 Å². The average Bonchev–Trinajstić information content (AvgIpc) is 2.75. The summed E-state index contributed by atoms with van der Waals surface area (Å²) in [5, 5.41) is 18.0. The fraction of sp³-hybridized carbons (Fsp3) is 0.273. The minimum absolute atomic E-state index is 0. The molecule has 29 heavy (non-hydrogen) atoms. The highest BCUT2D eigenvalue weighted by Gasteiger charge is 2.09. The van der Waals surface area contributed by atoms with Crippen molar-refractivity contribution in [3.8, 4) is 5.75 Å². The lowest BCUT2D eigenvalue weighted by atomic mass is 10.1. The number of nitrogens with one attached hydrogen (secondary N) is 2. The number of guanidine groups is 1. The van der Waals surface area contributed by atoms with Crippen LogP contribution in [0.1, 0.15) is 24.2 Å². The lowest BCUT2D eigenvalue weighted by Gasteiger charge is -2.16. The van der Waals surface area contributed by atoms with Gasteiger partial charge in [-0.2, -0.15) is 0 Å². The number of methoxy groups -OCH3 is 1. The van der Waals surface area contributed by atoms with Crippen LogP contribution in [0.25, 0.3) is 10.9 Å². The normalized spacial score (nSPS) is 12.2. The van der Waals surface area contributed by atoms with Gasteiger partial charge in [-0.3, -0.25) is 4.98 Å². The van der Waals surface area contributed by atoms with Crippen molar-refractivity contribution in [3.05, 3.63) is 71.9 Å². The first-order valence-electron chi connectivity index (χ1n) is 9.38. The van der Waals surface area contributed by atoms with Crippen LogP contribution in [0, 0.1) is 0 Å². The van der Waals surface area contributed by atoms with Gasteiger partial charge in [0.1, 0.15) is 5.75 Å². The Morgan fingerprint density at radius 1 is 1.10 bits per heavy atom. The van der Waals surface area contributed by atoms with Crippen LogP contribution in [0.5, 0.6) is 5.75 Å². The number of hydrogen-bond donors (Lipinski definition) is 3. The molecule has 1 atom stereocenters. The van der Waals surface area contributed by atoms with Gasteiger partial charge >= 0.3 is 0 Å². The van der Waals surface area contributed by atoms with Gasteiger partial charge < -0.3 is 20.5 Å². The molecule has 0 aliphatic rings. The summed E-state index contributed by atoms with van der Waals surface area (Å²) in [7, 11) is 1.62. The third kappa shape index (κ3) is 6.30. The van der Waals surface area contributed by atoms with Crippen molar-refractivity contribution in [3.63, 3.8) is 0 Å². The van der Waals surface area contributed by atoms with Crippen molar-refractivity contribution in [2.45, 2.75) is 19.6 Å². The van der Waals surface area contributed by atoms with E-state index in [0.29, 0.717) is 19.0 Å². The van der Waals surface area contributed by atoms with E-state index in [-0.39, 0.29) is 24.0 Å². The first-order chi connectivity index (χ1) is 13.7. The Kier molecular flexibility index (Phi) is 9.14. The maximum atomic E-state index is 10.4. The number of benzene rings is 2. The summed E-state index contributed by atoms with van der Waals surface area (Å²) in [6.07, 6.45) is 1.16. The number of rotatable bonds is 7. The van der Waals surface area contributed by atoms with Crippen molar-refractivity contribution in [1.29, 1.82) is 0 Å². The summed E-state index contributed by atoms with van der Waals surface area (Å²) in [6.45, 7) is 3.63. The number of para-hydroxylation sites is 1. The van der Waals surface area contributed by atoms with Crippen LogP contribution in [0.15, 0.2) is 65.8 Å². The summed E-state index contributed by atoms with van der Waals surface area (Å²) < 4.78 is 5.15. The van der Waals surface area contributed by atoms with Gasteiger partial charge in [0.2, 0.25) is 0 Å². The van der Waals surface area contributed by atoms with Crippen LogP contribution in [0.3, 0.4) is 0 Å². The van der Waals surface area contributed by atoms with Crippen molar-refractivity contribution >= 4 is 40.8 Å². The van der Waals surface area contributed by atoms with Crippen molar-refractivity contribution in [1.82, 2.24) is 15.6 Å². The minimum Gasteiger partial charge on any atom is -0.497 e. The van der Waals surface area contributed by atoms with E-state index in [2.05, 4.69) is 26.7 Å². The van der Waals surface area contributed by atoms with Crippen LogP contribution in [-0.2, 0) is 6.54 Å². The molecule has 0 bridgehead atoms. The van der Waals surface area contributed by atoms with Gasteiger partial charge in [0.25, 0.3) is 0 Å². The highest BCUT2D eigenvalue weighted by Crippen LogP contribution is 2.18. The number of pyridine rings is 1. The van der Waals surface area contributed by atoms with Gasteiger partial charge in [-0.15, -0.1) is 24.0 Å². The van der Waals surface area contributed by atoms with E-state index in [1.54, 1.807) is 13.3 Å². The van der Waals surface area contributed by atoms with Crippen molar-refractivity contribution in [2.75, 3.05) is 20.2 Å². The molecule has 2 aromatic carbocycles. The predicted octanol–water partition coefficient (Wildman–Crippen LogP) is 3.65. The van der Waals surface area contributed by atoms with E-state index >= 15 is 0 Å². The smallest absolute Gasteiger partial charge is 0.191 e. The molecule has 1 aromatic heterocycles. The van der Waals surface area contributed by atoms with Gasteiger partial charge in [0, 0.05) is 24.7 Å². The molecule has 0 saturated carbocycles. The average molecular weight is 506 g/mol. The molecule has 0 amide bonds. The lowest BCUT2D eigenvalue weighted by molar-refractivity contribution is 0.180. The Hall–Kier alpha value is -2.39. The van der Waals surface area contributed by atoms with Crippen LogP contribution in [0.2, 0.25) is 0 Å². The molecule has 1 unspecified atom stereocenters. The maximum absolute atomic E-state index is 10.4. The van der Waals surface area contributed by atoms with Crippen LogP contribution in [-0.4, -0.2) is 36.2 Å². The van der Waals surface area contributed by atoms with E-state index < -0.39 is 6.10 Å². The van der Waals surface area contributed by atoms with Crippen LogP contribution >= 0.6 is 24.0 Å². The Bertz CT molecular complexity index is 926. The molecule has 6 nitrogen and oxygen atoms in total. The monoisotopic (exact) mass is 506 g/mol. The second-order valence-corrected chi connectivity index (χ2v) is 6.35. The summed E-state index contributed by atoms with van der Waals surface area (Å²) in [5.41, 5.74) is 2.89. The number of nitrogens with zero attached hydrogens (tertiary/aromatic N) is 2. The van der Waals surface area contributed by atoms with E-state index in [4.69, 9.17) is 4.74 Å². The standard InChI is InChI=1S/C22H26N4O2.HI/c1-3-23-22(26-15-21(27)16-8-10-18(28-2)11-9-16)25-14-17-12-13-24-20-7-5-4-6-19(17)20;/h4-13,21,27H,3,14-15H2,1-2H3,(H2,23,25,26);1H. The summed E-state index contributed by atoms with van der Waals surface area (Å²) in [4.78, 5) is 9.05. The number of aliphatic imine (C=N–C) groups is 1. The Morgan fingerprint density at radius 2 is 1.86 bits per heavy atom. The lowest BCUT2D eigenvalue weighted by Crippen LogP contribution is -2.39. The molecule has 3 aromatic rings. The fourth-order valence-electron chi connectivity index (χ4n) is 2.94. The molecule has 0 saturated heterocycles. The second-order valence-electron chi connectivity index (χ2n) is 6.35. The highest BCUT2D eigenvalue weighted by molar-refractivity contribution is 14.0. The number of fused-ring (bicyclic) bond motifs is 1. The first kappa shape index (κ1) is 22.9. The number of aliphatic hydroxyl groups excluding tert-OH is 1. The highest BCUT2D eigenvalue weighted by atomic mass is 127. The van der Waals surface area contributed by atoms with E-state index in [1.807, 2.05) is 55.5 Å². The third-order valence-electron chi connectivity index (χ3n) is 4.45. The SMILES string of the molecule is CCNC(=NCc1ccnc2ccccc12)NCC(O)c1ccc(OC)cc1.I. The molecule has 0 aliphatic heterocycles. The zero-order valence-corrected chi connectivity index (χ0v) is 19.0. The van der Waals surface area contributed by atoms with E-state index in [1.165, 1.54) is 0 Å². The molecule has 7 heteroatoms. The molecule has 0 fully saturated rings. The molecule has 1 heterocycles. The van der Waals surface area contributed by atoms with Gasteiger partial charge in [0.05, 0.1) is 25.3 Å². The van der Waals surface area contributed by atoms with Crippen molar-refractivity contribution in [2.24, 2.45) is 4.99 Å². The van der Waals surface area contributed by atoms with E-state index in [0.717, 1.165) is 34.3 Å². The number of aromatic nitrogens is 1. The third-order valence-corrected chi connectivity index (χ3v) is 4.45. The number of halogens is 1. The number of ether oxygens (including phenoxy) is 1. The molecular weight excluding hydrogens is 479 g/mol. The van der Waals surface area contributed by atoms with Crippen LogP contribution < -0.4 is 15.4 Å². The Morgan fingerprint density at radius 3 is 2.59 bits per heavy atom. The fourth-order valence-corrected chi connectivity index (χ4v) is 2.94. The quantitative estimate of drug-likeness (QED) is 0.259. The molecule has 0 aliphatic carbocycles. The largest absolute Gasteiger partial charge is 0.497 e. The predicted molar refractivity (Wildman–Crippen MR) is 128 cm³/mol. The van der Waals surface area contributed by atoms with Crippen molar-refractivity contribution < 1.29 is 9.84 Å². The summed E-state index contributed by atoms with van der Waals surface area (Å²) in [5.74, 6) is 1.43. The number of hydrogen-bond acceptors (Lipinski definition) is 4. The minimum atomic E-state index is -0.642. The molecule has 0 radical (unpaired) electrons. The Labute approximate surface area is 188 Å². The zero-order valence-electron chi connectivity index (χ0n) is 16.6. The zero-order chi connectivity index (χ0) is 19.8. The molecule has 154 valence electrons. The molecule has 3 N–H and O–H groups in total. The maximum Gasteiger partial charge on any atom is 0.191 e. The van der Waals surface area contributed by atoms with Gasteiger partial charge in [-0.05, 0) is 42.3 Å². The summed E-state index contributed by atoms with van der Waals surface area (Å²) in [6, 6.07) is 17.4. The molecule has 0 spiro atoms. The van der Waals surface area contributed by atoms with E-state index in [9.17, 15) is 5.11 Å². The van der Waals surface area contributed by atoms with Gasteiger partial charge in [0.15, 0.2) is 5.96 Å². The molecular formula is C22H27IN4O2. The number of aliphatic hydroxyl groups is 1. The summed E-state index contributed by atoms with van der Waals surface area (Å²) >= 11 is 0.